The molecule has 4 aromatic rings. The van der Waals surface area contributed by atoms with Crippen molar-refractivity contribution in [1.82, 2.24) is 11.0 Å². The highest BCUT2D eigenvalue weighted by Gasteiger charge is 2.37. The van der Waals surface area contributed by atoms with Gasteiger partial charge in [-0.3, -0.25) is 20.0 Å². The standard InChI is InChI=1S/C29H27N3O8S/c1-39-20-12-14-21(15-13-20)41(37,38)27-23(28(33)31-35)22(16-18-8-4-2-5-9-18)26(24(25(27)30)29(34)32-36)40-17-19-10-6-3-7-11-19/h2-15,35-36H,16-17,30H2,1H3,(H,31,33)(H,32,34). The summed E-state index contributed by atoms with van der Waals surface area (Å²) in [5.41, 5.74) is 8.90. The molecule has 0 aliphatic rings. The topological polar surface area (TPSA) is 177 Å². The van der Waals surface area contributed by atoms with E-state index in [4.69, 9.17) is 15.2 Å². The van der Waals surface area contributed by atoms with Crippen molar-refractivity contribution in [2.24, 2.45) is 0 Å². The number of sulfone groups is 1. The molecule has 4 rings (SSSR count). The second kappa shape index (κ2) is 12.5. The van der Waals surface area contributed by atoms with E-state index in [1.165, 1.54) is 42.3 Å². The van der Waals surface area contributed by atoms with Gasteiger partial charge in [-0.25, -0.2) is 19.4 Å². The van der Waals surface area contributed by atoms with Crippen LogP contribution in [0, 0.1) is 0 Å². The van der Waals surface area contributed by atoms with Gasteiger partial charge >= 0.3 is 0 Å². The maximum atomic E-state index is 14.0. The van der Waals surface area contributed by atoms with Crippen molar-refractivity contribution in [3.63, 3.8) is 0 Å². The highest BCUT2D eigenvalue weighted by Crippen LogP contribution is 2.42. The highest BCUT2D eigenvalue weighted by molar-refractivity contribution is 7.91. The molecule has 0 radical (unpaired) electrons. The minimum Gasteiger partial charge on any atom is -0.497 e. The number of hydrogen-bond donors (Lipinski definition) is 5. The first kappa shape index (κ1) is 29.1. The summed E-state index contributed by atoms with van der Waals surface area (Å²) >= 11 is 0. The molecule has 0 saturated heterocycles. The van der Waals surface area contributed by atoms with Crippen molar-refractivity contribution >= 4 is 27.3 Å². The molecule has 0 aliphatic heterocycles. The van der Waals surface area contributed by atoms with Gasteiger partial charge in [-0.05, 0) is 35.4 Å². The smallest absolute Gasteiger partial charge is 0.280 e. The number of nitrogens with two attached hydrogens (primary N) is 1. The number of amides is 2. The first-order valence-electron chi connectivity index (χ1n) is 12.2. The molecule has 0 fully saturated rings. The third-order valence-corrected chi connectivity index (χ3v) is 8.14. The molecular formula is C29H27N3O8S. The van der Waals surface area contributed by atoms with E-state index in [9.17, 15) is 28.4 Å². The van der Waals surface area contributed by atoms with E-state index in [0.29, 0.717) is 16.9 Å². The molecule has 0 aromatic heterocycles. The number of nitrogen functional groups attached to an aromatic ring is 1. The van der Waals surface area contributed by atoms with E-state index in [2.05, 4.69) is 0 Å². The number of nitrogens with one attached hydrogen (secondary N) is 2. The molecule has 0 spiro atoms. The van der Waals surface area contributed by atoms with E-state index in [1.54, 1.807) is 60.7 Å². The summed E-state index contributed by atoms with van der Waals surface area (Å²) in [6, 6.07) is 22.8. The number of carbonyl (C=O) groups excluding carboxylic acids is 2. The van der Waals surface area contributed by atoms with Crippen molar-refractivity contribution in [1.29, 1.82) is 0 Å². The fourth-order valence-corrected chi connectivity index (χ4v) is 5.97. The lowest BCUT2D eigenvalue weighted by atomic mass is 9.93. The number of benzene rings is 4. The summed E-state index contributed by atoms with van der Waals surface area (Å²) in [4.78, 5) is 25.3. The maximum Gasteiger partial charge on any atom is 0.280 e. The average molecular weight is 578 g/mol. The molecule has 4 aromatic carbocycles. The Kier molecular flexibility index (Phi) is 8.87. The van der Waals surface area contributed by atoms with Crippen molar-refractivity contribution in [3.05, 3.63) is 113 Å². The number of hydrogen-bond acceptors (Lipinski definition) is 9. The lowest BCUT2D eigenvalue weighted by Gasteiger charge is -2.23. The number of methoxy groups -OCH3 is 1. The second-order valence-electron chi connectivity index (χ2n) is 8.80. The third-order valence-electron chi connectivity index (χ3n) is 6.29. The predicted octanol–water partition coefficient (Wildman–Crippen LogP) is 3.52. The molecular weight excluding hydrogens is 550 g/mol. The Balaban J connectivity index is 2.09. The zero-order valence-corrected chi connectivity index (χ0v) is 22.6. The van der Waals surface area contributed by atoms with E-state index in [0.717, 1.165) is 0 Å². The van der Waals surface area contributed by atoms with Crippen LogP contribution in [0.25, 0.3) is 0 Å². The molecule has 0 aliphatic carbocycles. The number of carbonyl (C=O) groups is 2. The van der Waals surface area contributed by atoms with Crippen LogP contribution in [0.15, 0.2) is 94.7 Å². The summed E-state index contributed by atoms with van der Waals surface area (Å²) in [5, 5.41) is 19.3. The molecule has 0 unspecified atom stereocenters. The molecule has 11 nitrogen and oxygen atoms in total. The fourth-order valence-electron chi connectivity index (χ4n) is 4.36. The molecule has 2 amide bonds. The van der Waals surface area contributed by atoms with E-state index < -0.39 is 43.4 Å². The second-order valence-corrected chi connectivity index (χ2v) is 10.7. The SMILES string of the molecule is COc1ccc(S(=O)(=O)c2c(N)c(C(=O)NO)c(OCc3ccccc3)c(Cc3ccccc3)c2C(=O)NO)cc1. The van der Waals surface area contributed by atoms with Crippen LogP contribution >= 0.6 is 0 Å². The van der Waals surface area contributed by atoms with Crippen LogP contribution in [0.4, 0.5) is 5.69 Å². The van der Waals surface area contributed by atoms with Gasteiger partial charge in [-0.15, -0.1) is 0 Å². The van der Waals surface area contributed by atoms with Gasteiger partial charge < -0.3 is 15.2 Å². The van der Waals surface area contributed by atoms with Crippen molar-refractivity contribution < 1.29 is 37.9 Å². The Bertz CT molecular complexity index is 1660. The molecule has 0 bridgehead atoms. The van der Waals surface area contributed by atoms with Gasteiger partial charge in [-0.2, -0.15) is 0 Å². The summed E-state index contributed by atoms with van der Waals surface area (Å²) in [6.07, 6.45) is -0.106. The molecule has 6 N–H and O–H groups in total. The normalized spacial score (nSPS) is 11.0. The van der Waals surface area contributed by atoms with Crippen LogP contribution < -0.4 is 26.2 Å². The number of ether oxygens (including phenoxy) is 2. The Morgan fingerprint density at radius 2 is 1.34 bits per heavy atom. The lowest BCUT2D eigenvalue weighted by molar-refractivity contribution is 0.0690. The van der Waals surface area contributed by atoms with E-state index in [-0.39, 0.29) is 29.2 Å². The summed E-state index contributed by atoms with van der Waals surface area (Å²) in [5.74, 6) is -2.23. The Labute approximate surface area is 236 Å². The van der Waals surface area contributed by atoms with Crippen LogP contribution in [0.2, 0.25) is 0 Å². The minimum absolute atomic E-state index is 0.0569. The van der Waals surface area contributed by atoms with Crippen molar-refractivity contribution in [3.8, 4) is 11.5 Å². The maximum absolute atomic E-state index is 14.0. The van der Waals surface area contributed by atoms with Gasteiger partial charge in [0.05, 0.1) is 23.3 Å². The molecule has 12 heteroatoms. The van der Waals surface area contributed by atoms with Gasteiger partial charge in [0, 0.05) is 12.0 Å². The van der Waals surface area contributed by atoms with Gasteiger partial charge in [0.25, 0.3) is 11.8 Å². The largest absolute Gasteiger partial charge is 0.497 e. The molecule has 212 valence electrons. The highest BCUT2D eigenvalue weighted by atomic mass is 32.2. The number of hydroxylamine groups is 2. The third kappa shape index (κ3) is 5.99. The fraction of sp³-hybridized carbons (Fsp3) is 0.103. The van der Waals surface area contributed by atoms with Crippen molar-refractivity contribution in [2.75, 3.05) is 12.8 Å². The lowest BCUT2D eigenvalue weighted by Crippen LogP contribution is -2.29. The van der Waals surface area contributed by atoms with E-state index in [1.807, 2.05) is 0 Å². The molecule has 0 heterocycles. The van der Waals surface area contributed by atoms with Gasteiger partial charge in [-0.1, -0.05) is 60.7 Å². The van der Waals surface area contributed by atoms with Gasteiger partial charge in [0.2, 0.25) is 9.84 Å². The Morgan fingerprint density at radius 3 is 1.88 bits per heavy atom. The molecule has 41 heavy (non-hydrogen) atoms. The number of rotatable bonds is 10. The van der Waals surface area contributed by atoms with Gasteiger partial charge in [0.1, 0.15) is 28.6 Å². The summed E-state index contributed by atoms with van der Waals surface area (Å²) < 4.78 is 39.2. The summed E-state index contributed by atoms with van der Waals surface area (Å²) in [7, 11) is -3.20. The molecule has 0 atom stereocenters. The number of anilines is 1. The predicted molar refractivity (Wildman–Crippen MR) is 148 cm³/mol. The van der Waals surface area contributed by atoms with Crippen LogP contribution in [-0.2, 0) is 22.9 Å². The summed E-state index contributed by atoms with van der Waals surface area (Å²) in [6.45, 7) is -0.0987. The van der Waals surface area contributed by atoms with E-state index >= 15 is 0 Å². The first-order valence-corrected chi connectivity index (χ1v) is 13.7. The zero-order chi connectivity index (χ0) is 29.6. The molecule has 0 saturated carbocycles. The monoisotopic (exact) mass is 577 g/mol. The quantitative estimate of drug-likeness (QED) is 0.107. The van der Waals surface area contributed by atoms with Crippen LogP contribution in [0.1, 0.15) is 37.4 Å². The van der Waals surface area contributed by atoms with Crippen LogP contribution in [0.3, 0.4) is 0 Å². The Morgan fingerprint density at radius 1 is 0.805 bits per heavy atom. The average Bonchev–Trinajstić information content (AvgIpc) is 3.00. The first-order chi connectivity index (χ1) is 19.7. The zero-order valence-electron chi connectivity index (χ0n) is 21.8. The van der Waals surface area contributed by atoms with Gasteiger partial charge in [0.15, 0.2) is 0 Å². The van der Waals surface area contributed by atoms with Crippen molar-refractivity contribution in [2.45, 2.75) is 22.8 Å². The Hall–Kier alpha value is -4.91. The van der Waals surface area contributed by atoms with Crippen LogP contribution in [-0.4, -0.2) is 37.8 Å². The minimum atomic E-state index is -4.61. The van der Waals surface area contributed by atoms with Crippen LogP contribution in [0.5, 0.6) is 11.5 Å².